The van der Waals surface area contributed by atoms with Gasteiger partial charge in [0, 0.05) is 0 Å². The fraction of sp³-hybridized carbons (Fsp3) is 0.600. The first kappa shape index (κ1) is 24.5. The third-order valence-corrected chi connectivity index (χ3v) is 8.72. The van der Waals surface area contributed by atoms with Crippen LogP contribution in [0, 0.1) is 17.8 Å². The fourth-order valence-electron chi connectivity index (χ4n) is 7.46. The zero-order valence-corrected chi connectivity index (χ0v) is 20.8. The van der Waals surface area contributed by atoms with E-state index < -0.39 is 30.7 Å². The van der Waals surface area contributed by atoms with Crippen molar-refractivity contribution in [2.24, 2.45) is 17.8 Å². The molecule has 7 rings (SSSR count). The van der Waals surface area contributed by atoms with Crippen molar-refractivity contribution in [3.8, 4) is 0 Å². The number of aliphatic hydroxyl groups is 2. The Kier molecular flexibility index (Phi) is 7.17. The van der Waals surface area contributed by atoms with E-state index in [4.69, 9.17) is 18.9 Å². The summed E-state index contributed by atoms with van der Waals surface area (Å²) in [6, 6.07) is 19.9. The molecule has 0 amide bonds. The molecular formula is C30H38O6. The van der Waals surface area contributed by atoms with Crippen molar-refractivity contribution < 1.29 is 29.2 Å². The molecule has 1 aliphatic heterocycles. The Morgan fingerprint density at radius 2 is 1.25 bits per heavy atom. The summed E-state index contributed by atoms with van der Waals surface area (Å²) in [5, 5.41) is 21.2. The Bertz CT molecular complexity index is 946. The molecule has 0 aromatic heterocycles. The molecule has 1 heterocycles. The second-order valence-electron chi connectivity index (χ2n) is 11.5. The van der Waals surface area contributed by atoms with Gasteiger partial charge in [0.25, 0.3) is 0 Å². The van der Waals surface area contributed by atoms with E-state index in [0.717, 1.165) is 48.1 Å². The van der Waals surface area contributed by atoms with Crippen LogP contribution < -0.4 is 0 Å². The Morgan fingerprint density at radius 1 is 0.750 bits per heavy atom. The lowest BCUT2D eigenvalue weighted by atomic mass is 9.54. The SMILES string of the molecule is OCC1O[C@@H](OC23CC4CC(CC(C4)C2)C3)[C@H](OCc2ccccc2)C(OCc2ccccc2)[C@@H]1O. The normalized spacial score (nSPS) is 39.4. The van der Waals surface area contributed by atoms with E-state index in [1.165, 1.54) is 19.3 Å². The van der Waals surface area contributed by atoms with Gasteiger partial charge in [-0.05, 0) is 67.4 Å². The molecule has 0 spiro atoms. The van der Waals surface area contributed by atoms with Crippen molar-refractivity contribution in [1.82, 2.24) is 0 Å². The number of aliphatic hydroxyl groups excluding tert-OH is 2. The zero-order chi connectivity index (χ0) is 24.5. The van der Waals surface area contributed by atoms with E-state index in [-0.39, 0.29) is 12.2 Å². The van der Waals surface area contributed by atoms with Crippen LogP contribution in [0.15, 0.2) is 60.7 Å². The highest BCUT2D eigenvalue weighted by atomic mass is 16.7. The summed E-state index contributed by atoms with van der Waals surface area (Å²) in [5.41, 5.74) is 1.84. The lowest BCUT2D eigenvalue weighted by Crippen LogP contribution is -2.63. The minimum atomic E-state index is -1.03. The third kappa shape index (κ3) is 5.13. The minimum absolute atomic E-state index is 0.208. The molecule has 5 aliphatic rings. The highest BCUT2D eigenvalue weighted by molar-refractivity contribution is 5.15. The number of hydrogen-bond donors (Lipinski definition) is 2. The monoisotopic (exact) mass is 494 g/mol. The summed E-state index contributed by atoms with van der Waals surface area (Å²) >= 11 is 0. The van der Waals surface area contributed by atoms with E-state index in [9.17, 15) is 10.2 Å². The van der Waals surface area contributed by atoms with Crippen molar-refractivity contribution in [3.63, 3.8) is 0 Å². The van der Waals surface area contributed by atoms with Crippen LogP contribution >= 0.6 is 0 Å². The Balaban J connectivity index is 1.25. The van der Waals surface area contributed by atoms with Crippen LogP contribution in [0.3, 0.4) is 0 Å². The summed E-state index contributed by atoms with van der Waals surface area (Å²) in [7, 11) is 0. The van der Waals surface area contributed by atoms with Gasteiger partial charge in [0.05, 0.1) is 25.4 Å². The summed E-state index contributed by atoms with van der Waals surface area (Å²) in [4.78, 5) is 0. The van der Waals surface area contributed by atoms with Crippen LogP contribution in [0.5, 0.6) is 0 Å². The van der Waals surface area contributed by atoms with E-state index in [0.29, 0.717) is 13.2 Å². The lowest BCUT2D eigenvalue weighted by Gasteiger charge is -2.58. The molecule has 2 unspecified atom stereocenters. The smallest absolute Gasteiger partial charge is 0.187 e. The zero-order valence-electron chi connectivity index (χ0n) is 20.8. The van der Waals surface area contributed by atoms with Crippen LogP contribution in [0.4, 0.5) is 0 Å². The van der Waals surface area contributed by atoms with Gasteiger partial charge in [-0.15, -0.1) is 0 Å². The topological polar surface area (TPSA) is 77.4 Å². The molecule has 2 N–H and O–H groups in total. The molecule has 2 aromatic rings. The van der Waals surface area contributed by atoms with Crippen molar-refractivity contribution in [2.75, 3.05) is 6.61 Å². The van der Waals surface area contributed by atoms with Gasteiger partial charge in [0.2, 0.25) is 0 Å². The number of benzene rings is 2. The molecule has 5 fully saturated rings. The van der Waals surface area contributed by atoms with Crippen LogP contribution in [0.1, 0.15) is 49.7 Å². The maximum Gasteiger partial charge on any atom is 0.187 e. The minimum Gasteiger partial charge on any atom is -0.394 e. The molecule has 4 bridgehead atoms. The Hall–Kier alpha value is -1.80. The van der Waals surface area contributed by atoms with E-state index in [2.05, 4.69) is 0 Å². The van der Waals surface area contributed by atoms with Gasteiger partial charge in [-0.2, -0.15) is 0 Å². The highest BCUT2D eigenvalue weighted by Crippen LogP contribution is 2.57. The molecule has 194 valence electrons. The first-order valence-corrected chi connectivity index (χ1v) is 13.5. The molecule has 4 aliphatic carbocycles. The molecule has 6 heteroatoms. The average Bonchev–Trinajstić information content (AvgIpc) is 2.88. The van der Waals surface area contributed by atoms with Crippen LogP contribution in [-0.2, 0) is 32.2 Å². The van der Waals surface area contributed by atoms with Gasteiger partial charge in [-0.3, -0.25) is 0 Å². The fourth-order valence-corrected chi connectivity index (χ4v) is 7.46. The summed E-state index contributed by atoms with van der Waals surface area (Å²) in [5.74, 6) is 2.19. The van der Waals surface area contributed by atoms with E-state index in [1.54, 1.807) is 0 Å². The van der Waals surface area contributed by atoms with E-state index >= 15 is 0 Å². The average molecular weight is 495 g/mol. The van der Waals surface area contributed by atoms with Crippen molar-refractivity contribution in [1.29, 1.82) is 0 Å². The van der Waals surface area contributed by atoms with Crippen molar-refractivity contribution in [2.45, 2.75) is 88.0 Å². The second kappa shape index (κ2) is 10.5. The van der Waals surface area contributed by atoms with Gasteiger partial charge < -0.3 is 29.2 Å². The highest BCUT2D eigenvalue weighted by Gasteiger charge is 2.56. The van der Waals surface area contributed by atoms with Crippen LogP contribution in [0.25, 0.3) is 0 Å². The van der Waals surface area contributed by atoms with Gasteiger partial charge in [-0.1, -0.05) is 60.7 Å². The quantitative estimate of drug-likeness (QED) is 0.544. The number of hydrogen-bond acceptors (Lipinski definition) is 6. The van der Waals surface area contributed by atoms with Crippen molar-refractivity contribution >= 4 is 0 Å². The van der Waals surface area contributed by atoms with Gasteiger partial charge in [-0.25, -0.2) is 0 Å². The number of rotatable bonds is 9. The van der Waals surface area contributed by atoms with Crippen LogP contribution in [-0.4, -0.2) is 53.1 Å². The van der Waals surface area contributed by atoms with Crippen molar-refractivity contribution in [3.05, 3.63) is 71.8 Å². The molecule has 2 aromatic carbocycles. The molecule has 36 heavy (non-hydrogen) atoms. The molecule has 6 nitrogen and oxygen atoms in total. The maximum atomic E-state index is 11.2. The Morgan fingerprint density at radius 3 is 1.75 bits per heavy atom. The van der Waals surface area contributed by atoms with Gasteiger partial charge >= 0.3 is 0 Å². The molecule has 4 saturated carbocycles. The largest absolute Gasteiger partial charge is 0.394 e. The summed E-state index contributed by atoms with van der Waals surface area (Å²) in [6.45, 7) is 0.381. The Labute approximate surface area is 213 Å². The molecule has 1 saturated heterocycles. The number of ether oxygens (including phenoxy) is 4. The molecule has 5 atom stereocenters. The maximum absolute atomic E-state index is 11.2. The predicted octanol–water partition coefficient (Wildman–Crippen LogP) is 4.22. The summed E-state index contributed by atoms with van der Waals surface area (Å²) in [6.07, 6.45) is 3.29. The van der Waals surface area contributed by atoms with Crippen LogP contribution in [0.2, 0.25) is 0 Å². The van der Waals surface area contributed by atoms with Gasteiger partial charge in [0.15, 0.2) is 6.29 Å². The predicted molar refractivity (Wildman–Crippen MR) is 134 cm³/mol. The van der Waals surface area contributed by atoms with Gasteiger partial charge in [0.1, 0.15) is 24.4 Å². The standard InChI is InChI=1S/C30H38O6/c31-17-25-26(32)27(33-18-20-7-3-1-4-8-20)28(34-19-21-9-5-2-6-10-21)29(35-25)36-30-14-22-11-23(15-30)13-24(12-22)16-30/h1-10,22-29,31-32H,11-19H2/t22?,23?,24?,25?,26-,27?,28-,29+,30?/m1/s1. The van der Waals surface area contributed by atoms with E-state index in [1.807, 2.05) is 60.7 Å². The molecule has 0 radical (unpaired) electrons. The third-order valence-electron chi connectivity index (χ3n) is 8.72. The first-order valence-electron chi connectivity index (χ1n) is 13.5. The first-order chi connectivity index (χ1) is 17.6. The lowest BCUT2D eigenvalue weighted by molar-refractivity contribution is -0.354. The summed E-state index contributed by atoms with van der Waals surface area (Å²) < 4.78 is 25.9. The second-order valence-corrected chi connectivity index (χ2v) is 11.5. The molecular weight excluding hydrogens is 456 g/mol.